The van der Waals surface area contributed by atoms with Crippen molar-refractivity contribution in [2.75, 3.05) is 11.9 Å². The number of nitrogens with zero attached hydrogens (tertiary/aromatic N) is 5. The molecule has 0 bridgehead atoms. The summed E-state index contributed by atoms with van der Waals surface area (Å²) in [6, 6.07) is 14.5. The molecule has 0 aliphatic rings. The lowest BCUT2D eigenvalue weighted by molar-refractivity contribution is 0.112. The zero-order valence-corrected chi connectivity index (χ0v) is 18.1. The second-order valence-electron chi connectivity index (χ2n) is 8.07. The van der Waals surface area contributed by atoms with E-state index < -0.39 is 0 Å². The van der Waals surface area contributed by atoms with Crippen LogP contribution >= 0.6 is 0 Å². The Hall–Kier alpha value is -3.82. The van der Waals surface area contributed by atoms with E-state index in [1.54, 1.807) is 16.8 Å². The van der Waals surface area contributed by atoms with E-state index in [4.69, 9.17) is 10.5 Å². The van der Waals surface area contributed by atoms with Gasteiger partial charge in [0.05, 0.1) is 31.5 Å². The molecule has 3 heterocycles. The molecular formula is C24H24FN7O. The fourth-order valence-corrected chi connectivity index (χ4v) is 3.82. The van der Waals surface area contributed by atoms with Crippen LogP contribution in [0.2, 0.25) is 0 Å². The zero-order chi connectivity index (χ0) is 22.8. The van der Waals surface area contributed by atoms with Crippen molar-refractivity contribution in [3.63, 3.8) is 0 Å². The van der Waals surface area contributed by atoms with Crippen LogP contribution in [0, 0.1) is 5.82 Å². The Balaban J connectivity index is 1.40. The Morgan fingerprint density at radius 3 is 2.91 bits per heavy atom. The Labute approximate surface area is 189 Å². The summed E-state index contributed by atoms with van der Waals surface area (Å²) < 4.78 is 22.9. The van der Waals surface area contributed by atoms with Gasteiger partial charge >= 0.3 is 0 Å². The lowest BCUT2D eigenvalue weighted by Gasteiger charge is -2.10. The molecule has 2 aromatic carbocycles. The average molecular weight is 446 g/mol. The Bertz CT molecular complexity index is 1410. The van der Waals surface area contributed by atoms with E-state index in [1.165, 1.54) is 18.5 Å². The van der Waals surface area contributed by atoms with Gasteiger partial charge in [0.15, 0.2) is 5.82 Å². The van der Waals surface area contributed by atoms with Gasteiger partial charge in [-0.1, -0.05) is 12.1 Å². The van der Waals surface area contributed by atoms with Gasteiger partial charge in [-0.2, -0.15) is 10.2 Å². The number of halogens is 1. The first-order valence-corrected chi connectivity index (χ1v) is 10.7. The van der Waals surface area contributed by atoms with E-state index in [0.29, 0.717) is 25.6 Å². The summed E-state index contributed by atoms with van der Waals surface area (Å²) in [5, 5.41) is 13.1. The summed E-state index contributed by atoms with van der Waals surface area (Å²) in [5.74, 6) is 0.431. The number of nitrogens with one attached hydrogen (secondary N) is 1. The second-order valence-corrected chi connectivity index (χ2v) is 8.07. The average Bonchev–Trinajstić information content (AvgIpc) is 3.38. The van der Waals surface area contributed by atoms with E-state index in [1.807, 2.05) is 48.1 Å². The number of ether oxygens (including phenoxy) is 1. The van der Waals surface area contributed by atoms with Gasteiger partial charge in [0.2, 0.25) is 0 Å². The Kier molecular flexibility index (Phi) is 5.72. The van der Waals surface area contributed by atoms with Gasteiger partial charge in [0.1, 0.15) is 17.7 Å². The minimum absolute atomic E-state index is 0.0266. The molecule has 0 aliphatic heterocycles. The SMILES string of the molecule is C[C@@H](N)COCc1ccn2ncnc(Nc3ccc4c(cnn4Cc4cccc(F)c4)c3)c12. The van der Waals surface area contributed by atoms with Gasteiger partial charge in [0, 0.05) is 28.9 Å². The molecule has 33 heavy (non-hydrogen) atoms. The van der Waals surface area contributed by atoms with Gasteiger partial charge in [-0.25, -0.2) is 13.9 Å². The van der Waals surface area contributed by atoms with E-state index in [9.17, 15) is 4.39 Å². The highest BCUT2D eigenvalue weighted by molar-refractivity contribution is 5.85. The zero-order valence-electron chi connectivity index (χ0n) is 18.1. The van der Waals surface area contributed by atoms with E-state index >= 15 is 0 Å². The predicted molar refractivity (Wildman–Crippen MR) is 125 cm³/mol. The highest BCUT2D eigenvalue weighted by Gasteiger charge is 2.12. The summed E-state index contributed by atoms with van der Waals surface area (Å²) in [7, 11) is 0. The number of hydrogen-bond acceptors (Lipinski definition) is 6. The summed E-state index contributed by atoms with van der Waals surface area (Å²) in [4.78, 5) is 4.45. The van der Waals surface area contributed by atoms with Crippen LogP contribution in [-0.2, 0) is 17.9 Å². The molecule has 5 aromatic rings. The van der Waals surface area contributed by atoms with Crippen LogP contribution in [0.15, 0.2) is 67.3 Å². The van der Waals surface area contributed by atoms with Crippen molar-refractivity contribution in [1.29, 1.82) is 0 Å². The number of fused-ring (bicyclic) bond motifs is 2. The maximum atomic E-state index is 13.5. The Morgan fingerprint density at radius 1 is 1.15 bits per heavy atom. The molecule has 168 valence electrons. The molecule has 0 saturated carbocycles. The van der Waals surface area contributed by atoms with Crippen LogP contribution in [0.3, 0.4) is 0 Å². The van der Waals surface area contributed by atoms with Crippen molar-refractivity contribution >= 4 is 27.9 Å². The number of aromatic nitrogens is 5. The van der Waals surface area contributed by atoms with Crippen molar-refractivity contribution in [1.82, 2.24) is 24.4 Å². The summed E-state index contributed by atoms with van der Waals surface area (Å²) in [6.07, 6.45) is 5.20. The molecule has 0 unspecified atom stereocenters. The maximum Gasteiger partial charge on any atom is 0.158 e. The molecule has 0 amide bonds. The van der Waals surface area contributed by atoms with Crippen LogP contribution in [0.25, 0.3) is 16.4 Å². The molecule has 9 heteroatoms. The lowest BCUT2D eigenvalue weighted by atomic mass is 10.2. The second kappa shape index (κ2) is 8.97. The fourth-order valence-electron chi connectivity index (χ4n) is 3.82. The molecule has 0 radical (unpaired) electrons. The van der Waals surface area contributed by atoms with Crippen LogP contribution in [0.5, 0.6) is 0 Å². The molecule has 0 fully saturated rings. The first kappa shape index (κ1) is 21.0. The monoisotopic (exact) mass is 445 g/mol. The number of hydrogen-bond donors (Lipinski definition) is 2. The molecule has 8 nitrogen and oxygen atoms in total. The Morgan fingerprint density at radius 2 is 2.06 bits per heavy atom. The van der Waals surface area contributed by atoms with E-state index in [2.05, 4.69) is 20.5 Å². The normalized spacial score (nSPS) is 12.5. The van der Waals surface area contributed by atoms with E-state index in [-0.39, 0.29) is 11.9 Å². The third-order valence-corrected chi connectivity index (χ3v) is 5.30. The van der Waals surface area contributed by atoms with E-state index in [0.717, 1.165) is 33.2 Å². The van der Waals surface area contributed by atoms with Crippen LogP contribution < -0.4 is 11.1 Å². The first-order chi connectivity index (χ1) is 16.1. The predicted octanol–water partition coefficient (Wildman–Crippen LogP) is 3.87. The van der Waals surface area contributed by atoms with Crippen LogP contribution in [0.1, 0.15) is 18.1 Å². The van der Waals surface area contributed by atoms with Gasteiger partial charge < -0.3 is 15.8 Å². The van der Waals surface area contributed by atoms with Gasteiger partial charge in [-0.3, -0.25) is 4.68 Å². The minimum Gasteiger partial charge on any atom is -0.375 e. The highest BCUT2D eigenvalue weighted by Crippen LogP contribution is 2.26. The highest BCUT2D eigenvalue weighted by atomic mass is 19.1. The summed E-state index contributed by atoms with van der Waals surface area (Å²) in [6.45, 7) is 3.30. The van der Waals surface area contributed by atoms with Crippen LogP contribution in [-0.4, -0.2) is 37.0 Å². The van der Waals surface area contributed by atoms with Crippen LogP contribution in [0.4, 0.5) is 15.9 Å². The number of anilines is 2. The number of nitrogens with two attached hydrogens (primary N) is 1. The van der Waals surface area contributed by atoms with Gasteiger partial charge in [0.25, 0.3) is 0 Å². The quantitative estimate of drug-likeness (QED) is 0.376. The van der Waals surface area contributed by atoms with Gasteiger partial charge in [-0.15, -0.1) is 0 Å². The largest absolute Gasteiger partial charge is 0.375 e. The molecule has 5 rings (SSSR count). The van der Waals surface area contributed by atoms with Gasteiger partial charge in [-0.05, 0) is 48.9 Å². The molecule has 0 spiro atoms. The number of rotatable bonds is 8. The molecule has 1 atom stereocenters. The first-order valence-electron chi connectivity index (χ1n) is 10.7. The molecule has 3 aromatic heterocycles. The van der Waals surface area contributed by atoms with Crippen molar-refractivity contribution < 1.29 is 9.13 Å². The summed E-state index contributed by atoms with van der Waals surface area (Å²) >= 11 is 0. The third kappa shape index (κ3) is 4.55. The lowest BCUT2D eigenvalue weighted by Crippen LogP contribution is -2.21. The number of benzene rings is 2. The van der Waals surface area contributed by atoms with Crippen molar-refractivity contribution in [2.45, 2.75) is 26.1 Å². The third-order valence-electron chi connectivity index (χ3n) is 5.30. The standard InChI is InChI=1S/C24H24FN7O/c1-16(26)13-33-14-18-7-8-31-23(18)24(27-15-29-31)30-21-5-6-22-19(10-21)11-28-32(22)12-17-3-2-4-20(25)9-17/h2-11,15-16H,12-14,26H2,1H3,(H,27,29,30)/t16-/m1/s1. The molecular weight excluding hydrogens is 421 g/mol. The molecule has 3 N–H and O–H groups in total. The molecule has 0 aliphatic carbocycles. The van der Waals surface area contributed by atoms with Crippen molar-refractivity contribution in [3.05, 3.63) is 84.2 Å². The van der Waals surface area contributed by atoms with Crippen molar-refractivity contribution in [2.24, 2.45) is 5.73 Å². The van der Waals surface area contributed by atoms with Crippen molar-refractivity contribution in [3.8, 4) is 0 Å². The maximum absolute atomic E-state index is 13.5. The molecule has 0 saturated heterocycles. The topological polar surface area (TPSA) is 95.3 Å². The minimum atomic E-state index is -0.251. The fraction of sp³-hybridized carbons (Fsp3) is 0.208. The summed E-state index contributed by atoms with van der Waals surface area (Å²) in [5.41, 5.74) is 10.3. The smallest absolute Gasteiger partial charge is 0.158 e.